The number of amides is 1. The molecule has 2 rings (SSSR count). The van der Waals surface area contributed by atoms with E-state index >= 15 is 0 Å². The van der Waals surface area contributed by atoms with Gasteiger partial charge in [0.2, 0.25) is 5.91 Å². The van der Waals surface area contributed by atoms with Gasteiger partial charge in [-0.15, -0.1) is 0 Å². The largest absolute Gasteiger partial charge is 0.455 e. The molecule has 0 fully saturated rings. The van der Waals surface area contributed by atoms with E-state index in [1.807, 2.05) is 43.3 Å². The molecule has 2 aromatic rings. The van der Waals surface area contributed by atoms with Crippen LogP contribution in [0.1, 0.15) is 12.5 Å². The van der Waals surface area contributed by atoms with Gasteiger partial charge < -0.3 is 15.8 Å². The van der Waals surface area contributed by atoms with Crippen LogP contribution in [0.4, 0.5) is 5.69 Å². The average Bonchev–Trinajstić information content (AvgIpc) is 2.43. The van der Waals surface area contributed by atoms with E-state index in [4.69, 9.17) is 10.5 Å². The summed E-state index contributed by atoms with van der Waals surface area (Å²) in [6.45, 7) is 3.65. The van der Waals surface area contributed by atoms with Gasteiger partial charge >= 0.3 is 0 Å². The number of nitrogens with one attached hydrogen (secondary N) is 1. The smallest absolute Gasteiger partial charge is 0.241 e. The molecular formula is C16H18N2O2. The van der Waals surface area contributed by atoms with E-state index in [0.29, 0.717) is 11.4 Å². The van der Waals surface area contributed by atoms with E-state index in [0.717, 1.165) is 11.3 Å². The van der Waals surface area contributed by atoms with Crippen molar-refractivity contribution < 1.29 is 9.53 Å². The Morgan fingerprint density at radius 1 is 1.15 bits per heavy atom. The number of carbonyl (C=O) groups is 1. The second-order valence-electron chi connectivity index (χ2n) is 4.69. The molecule has 20 heavy (non-hydrogen) atoms. The molecular weight excluding hydrogens is 252 g/mol. The quantitative estimate of drug-likeness (QED) is 0.897. The highest BCUT2D eigenvalue weighted by Crippen LogP contribution is 2.29. The van der Waals surface area contributed by atoms with E-state index in [2.05, 4.69) is 5.32 Å². The maximum absolute atomic E-state index is 11.7. The molecule has 0 bridgehead atoms. The van der Waals surface area contributed by atoms with Gasteiger partial charge in [0.1, 0.15) is 5.75 Å². The summed E-state index contributed by atoms with van der Waals surface area (Å²) in [7, 11) is 0. The van der Waals surface area contributed by atoms with Crippen molar-refractivity contribution in [3.05, 3.63) is 54.1 Å². The average molecular weight is 270 g/mol. The van der Waals surface area contributed by atoms with Crippen molar-refractivity contribution in [2.45, 2.75) is 19.9 Å². The van der Waals surface area contributed by atoms with Crippen LogP contribution in [0, 0.1) is 6.92 Å². The van der Waals surface area contributed by atoms with Crippen molar-refractivity contribution in [2.24, 2.45) is 5.73 Å². The molecule has 0 unspecified atom stereocenters. The number of nitrogens with two attached hydrogens (primary N) is 1. The second kappa shape index (κ2) is 6.21. The van der Waals surface area contributed by atoms with Crippen molar-refractivity contribution in [1.29, 1.82) is 0 Å². The fourth-order valence-electron chi connectivity index (χ4n) is 1.64. The molecule has 104 valence electrons. The number of benzene rings is 2. The third kappa shape index (κ3) is 3.59. The minimum atomic E-state index is -0.567. The van der Waals surface area contributed by atoms with Crippen LogP contribution in [-0.2, 0) is 4.79 Å². The van der Waals surface area contributed by atoms with Gasteiger partial charge in [-0.05, 0) is 38.1 Å². The van der Waals surface area contributed by atoms with E-state index < -0.39 is 6.04 Å². The highest BCUT2D eigenvalue weighted by Gasteiger charge is 2.11. The molecule has 4 heteroatoms. The first-order valence-corrected chi connectivity index (χ1v) is 6.46. The van der Waals surface area contributed by atoms with Gasteiger partial charge in [-0.25, -0.2) is 0 Å². The summed E-state index contributed by atoms with van der Waals surface area (Å²) in [5.41, 5.74) is 7.32. The summed E-state index contributed by atoms with van der Waals surface area (Å²) in [6.07, 6.45) is 0. The zero-order valence-electron chi connectivity index (χ0n) is 11.6. The Hall–Kier alpha value is -2.33. The molecule has 0 aliphatic carbocycles. The lowest BCUT2D eigenvalue weighted by atomic mass is 10.2. The highest BCUT2D eigenvalue weighted by atomic mass is 16.5. The second-order valence-corrected chi connectivity index (χ2v) is 4.69. The fourth-order valence-corrected chi connectivity index (χ4v) is 1.64. The summed E-state index contributed by atoms with van der Waals surface area (Å²) in [6, 6.07) is 14.4. The van der Waals surface area contributed by atoms with E-state index in [1.54, 1.807) is 19.1 Å². The molecule has 0 saturated carbocycles. The van der Waals surface area contributed by atoms with Crippen molar-refractivity contribution in [3.8, 4) is 11.5 Å². The number of para-hydroxylation sites is 2. The molecule has 1 amide bonds. The maximum atomic E-state index is 11.7. The standard InChI is InChI=1S/C16H18N2O2/c1-11-7-9-13(10-8-11)20-15-6-4-3-5-14(15)18-16(19)12(2)17/h3-10,12H,17H2,1-2H3,(H,18,19)/t12-/m1/s1. The number of hydrogen-bond acceptors (Lipinski definition) is 3. The third-order valence-electron chi connectivity index (χ3n) is 2.81. The lowest BCUT2D eigenvalue weighted by Crippen LogP contribution is -2.32. The van der Waals surface area contributed by atoms with Gasteiger partial charge in [0.05, 0.1) is 11.7 Å². The Balaban J connectivity index is 2.19. The van der Waals surface area contributed by atoms with E-state index in [9.17, 15) is 4.79 Å². The third-order valence-corrected chi connectivity index (χ3v) is 2.81. The molecule has 3 N–H and O–H groups in total. The van der Waals surface area contributed by atoms with Crippen LogP contribution in [0.2, 0.25) is 0 Å². The molecule has 2 aromatic carbocycles. The summed E-state index contributed by atoms with van der Waals surface area (Å²) in [5, 5.41) is 2.75. The molecule has 4 nitrogen and oxygen atoms in total. The number of hydrogen-bond donors (Lipinski definition) is 2. The number of carbonyl (C=O) groups excluding carboxylic acids is 1. The Bertz CT molecular complexity index is 592. The molecule has 0 saturated heterocycles. The minimum Gasteiger partial charge on any atom is -0.455 e. The number of anilines is 1. The minimum absolute atomic E-state index is 0.245. The zero-order chi connectivity index (χ0) is 14.5. The van der Waals surface area contributed by atoms with Gasteiger partial charge in [-0.3, -0.25) is 4.79 Å². The Labute approximate surface area is 118 Å². The van der Waals surface area contributed by atoms with Gasteiger partial charge in [0, 0.05) is 0 Å². The monoisotopic (exact) mass is 270 g/mol. The Kier molecular flexibility index (Phi) is 4.38. The Morgan fingerprint density at radius 3 is 2.45 bits per heavy atom. The molecule has 0 aliphatic heterocycles. The molecule has 0 radical (unpaired) electrons. The van der Waals surface area contributed by atoms with Gasteiger partial charge in [0.15, 0.2) is 5.75 Å². The van der Waals surface area contributed by atoms with Crippen molar-refractivity contribution in [2.75, 3.05) is 5.32 Å². The maximum Gasteiger partial charge on any atom is 0.241 e. The molecule has 1 atom stereocenters. The van der Waals surface area contributed by atoms with Crippen molar-refractivity contribution in [1.82, 2.24) is 0 Å². The van der Waals surface area contributed by atoms with Gasteiger partial charge in [0.25, 0.3) is 0 Å². The highest BCUT2D eigenvalue weighted by molar-refractivity contribution is 5.95. The first kappa shape index (κ1) is 14.1. The SMILES string of the molecule is Cc1ccc(Oc2ccccc2NC(=O)[C@@H](C)N)cc1. The summed E-state index contributed by atoms with van der Waals surface area (Å²) >= 11 is 0. The lowest BCUT2D eigenvalue weighted by molar-refractivity contribution is -0.117. The Morgan fingerprint density at radius 2 is 1.80 bits per heavy atom. The van der Waals surface area contributed by atoms with Gasteiger partial charge in [-0.2, -0.15) is 0 Å². The van der Waals surface area contributed by atoms with Crippen molar-refractivity contribution in [3.63, 3.8) is 0 Å². The van der Waals surface area contributed by atoms with E-state index in [-0.39, 0.29) is 5.91 Å². The molecule has 0 aliphatic rings. The molecule has 0 spiro atoms. The number of aryl methyl sites for hydroxylation is 1. The number of rotatable bonds is 4. The summed E-state index contributed by atoms with van der Waals surface area (Å²) < 4.78 is 5.79. The van der Waals surface area contributed by atoms with Crippen molar-refractivity contribution >= 4 is 11.6 Å². The van der Waals surface area contributed by atoms with Gasteiger partial charge in [-0.1, -0.05) is 29.8 Å². The first-order chi connectivity index (χ1) is 9.56. The van der Waals surface area contributed by atoms with Crippen LogP contribution in [-0.4, -0.2) is 11.9 Å². The number of ether oxygens (including phenoxy) is 1. The summed E-state index contributed by atoms with van der Waals surface area (Å²) in [5.74, 6) is 1.06. The lowest BCUT2D eigenvalue weighted by Gasteiger charge is -2.13. The molecule has 0 aromatic heterocycles. The fraction of sp³-hybridized carbons (Fsp3) is 0.188. The topological polar surface area (TPSA) is 64.3 Å². The normalized spacial score (nSPS) is 11.8. The summed E-state index contributed by atoms with van der Waals surface area (Å²) in [4.78, 5) is 11.7. The zero-order valence-corrected chi connectivity index (χ0v) is 11.6. The van der Waals surface area contributed by atoms with Crippen LogP contribution < -0.4 is 15.8 Å². The van der Waals surface area contributed by atoms with Crippen LogP contribution >= 0.6 is 0 Å². The van der Waals surface area contributed by atoms with Crippen LogP contribution in [0.3, 0.4) is 0 Å². The first-order valence-electron chi connectivity index (χ1n) is 6.46. The van der Waals surface area contributed by atoms with Crippen LogP contribution in [0.5, 0.6) is 11.5 Å². The predicted octanol–water partition coefficient (Wildman–Crippen LogP) is 3.07. The predicted molar refractivity (Wildman–Crippen MR) is 80.0 cm³/mol. The van der Waals surface area contributed by atoms with Crippen LogP contribution in [0.25, 0.3) is 0 Å². The van der Waals surface area contributed by atoms with E-state index in [1.165, 1.54) is 0 Å². The van der Waals surface area contributed by atoms with Crippen LogP contribution in [0.15, 0.2) is 48.5 Å². The molecule has 0 heterocycles.